The third-order valence-electron chi connectivity index (χ3n) is 4.10. The second-order valence-electron chi connectivity index (χ2n) is 6.54. The van der Waals surface area contributed by atoms with Crippen LogP contribution in [0.25, 0.3) is 0 Å². The average molecular weight is 436 g/mol. The topological polar surface area (TPSA) is 84.0 Å². The molecular weight excluding hydrogens is 418 g/mol. The van der Waals surface area contributed by atoms with E-state index in [1.807, 2.05) is 0 Å². The van der Waals surface area contributed by atoms with Gasteiger partial charge < -0.3 is 20.7 Å². The summed E-state index contributed by atoms with van der Waals surface area (Å²) in [5.74, 6) is -0.290. The Hall–Kier alpha value is -2.83. The van der Waals surface area contributed by atoms with Crippen molar-refractivity contribution in [3.63, 3.8) is 0 Å². The number of nitrogens with zero attached hydrogens (tertiary/aromatic N) is 3. The Bertz CT molecular complexity index is 853. The maximum Gasteiger partial charge on any atom is 0.422 e. The first-order valence-corrected chi connectivity index (χ1v) is 8.96. The Morgan fingerprint density at radius 3 is 2.37 bits per heavy atom. The summed E-state index contributed by atoms with van der Waals surface area (Å²) >= 11 is 0. The van der Waals surface area contributed by atoms with E-state index >= 15 is 0 Å². The second kappa shape index (κ2) is 8.90. The van der Waals surface area contributed by atoms with Gasteiger partial charge in [0.25, 0.3) is 0 Å². The molecule has 0 aliphatic carbocycles. The molecule has 2 heterocycles. The van der Waals surface area contributed by atoms with Gasteiger partial charge in [-0.15, -0.1) is 0 Å². The minimum atomic E-state index is -4.61. The number of halogens is 6. The molecule has 7 nitrogen and oxygen atoms in total. The van der Waals surface area contributed by atoms with E-state index < -0.39 is 30.5 Å². The molecule has 1 aliphatic heterocycles. The summed E-state index contributed by atoms with van der Waals surface area (Å²) in [5, 5.41) is 8.72. The number of rotatable bonds is 6. The lowest BCUT2D eigenvalue weighted by atomic mass is 10.1. The summed E-state index contributed by atoms with van der Waals surface area (Å²) < 4.78 is 80.7. The van der Waals surface area contributed by atoms with E-state index in [-0.39, 0.29) is 23.6 Å². The number of piperidine rings is 1. The van der Waals surface area contributed by atoms with E-state index in [1.54, 1.807) is 0 Å². The minimum absolute atomic E-state index is 0.00520. The molecule has 164 valence electrons. The first kappa shape index (κ1) is 21.9. The molecule has 0 spiro atoms. The van der Waals surface area contributed by atoms with Crippen molar-refractivity contribution in [2.45, 2.75) is 31.2 Å². The zero-order valence-corrected chi connectivity index (χ0v) is 15.4. The highest BCUT2D eigenvalue weighted by molar-refractivity contribution is 5.56. The molecular formula is C17H18F6N6O. The zero-order chi connectivity index (χ0) is 21.8. The van der Waals surface area contributed by atoms with Crippen molar-refractivity contribution in [1.82, 2.24) is 20.3 Å². The molecule has 1 aliphatic rings. The summed E-state index contributed by atoms with van der Waals surface area (Å²) in [4.78, 5) is 11.6. The van der Waals surface area contributed by atoms with Gasteiger partial charge in [0.1, 0.15) is 0 Å². The molecule has 1 fully saturated rings. The van der Waals surface area contributed by atoms with Gasteiger partial charge in [-0.1, -0.05) is 6.07 Å². The molecule has 0 unspecified atom stereocenters. The molecule has 1 aromatic heterocycles. The standard InChI is InChI=1S/C17H18F6N6O/c18-16(19,20)9-30-15-28-13(25-11-4-6-24-7-5-11)27-14(29-15)26-12-3-1-2-10(8-12)17(21,22)23/h1-3,8,11,24H,4-7,9H2,(H2,25,26,27,28,29). The lowest BCUT2D eigenvalue weighted by Crippen LogP contribution is -2.35. The van der Waals surface area contributed by atoms with Crippen LogP contribution in [0.2, 0.25) is 0 Å². The number of aromatic nitrogens is 3. The molecule has 13 heteroatoms. The maximum atomic E-state index is 12.9. The molecule has 2 aromatic rings. The van der Waals surface area contributed by atoms with E-state index in [1.165, 1.54) is 12.1 Å². The monoisotopic (exact) mass is 436 g/mol. The van der Waals surface area contributed by atoms with E-state index in [4.69, 9.17) is 0 Å². The van der Waals surface area contributed by atoms with Crippen LogP contribution in [0.5, 0.6) is 6.01 Å². The Morgan fingerprint density at radius 1 is 1.00 bits per heavy atom. The molecule has 0 amide bonds. The van der Waals surface area contributed by atoms with Crippen LogP contribution in [-0.4, -0.2) is 46.9 Å². The first-order valence-electron chi connectivity index (χ1n) is 8.96. The third kappa shape index (κ3) is 6.61. The zero-order valence-electron chi connectivity index (χ0n) is 15.4. The largest absolute Gasteiger partial charge is 0.454 e. The number of ether oxygens (including phenoxy) is 1. The van der Waals surface area contributed by atoms with E-state index in [9.17, 15) is 26.3 Å². The van der Waals surface area contributed by atoms with Crippen LogP contribution in [0, 0.1) is 0 Å². The highest BCUT2D eigenvalue weighted by Gasteiger charge is 2.31. The lowest BCUT2D eigenvalue weighted by Gasteiger charge is -2.23. The predicted molar refractivity (Wildman–Crippen MR) is 95.6 cm³/mol. The van der Waals surface area contributed by atoms with Gasteiger partial charge in [0.05, 0.1) is 5.56 Å². The van der Waals surface area contributed by atoms with Gasteiger partial charge >= 0.3 is 18.4 Å². The number of hydrogen-bond acceptors (Lipinski definition) is 7. The summed E-state index contributed by atoms with van der Waals surface area (Å²) in [5.41, 5.74) is -0.895. The lowest BCUT2D eigenvalue weighted by molar-refractivity contribution is -0.154. The summed E-state index contributed by atoms with van der Waals surface area (Å²) in [6.07, 6.45) is -7.69. The van der Waals surface area contributed by atoms with Crippen LogP contribution in [0.3, 0.4) is 0 Å². The third-order valence-corrected chi connectivity index (χ3v) is 4.10. The predicted octanol–water partition coefficient (Wildman–Crippen LogP) is 3.74. The van der Waals surface area contributed by atoms with Crippen LogP contribution >= 0.6 is 0 Å². The average Bonchev–Trinajstić information content (AvgIpc) is 2.66. The fourth-order valence-corrected chi connectivity index (χ4v) is 2.74. The van der Waals surface area contributed by atoms with Gasteiger partial charge in [0.15, 0.2) is 6.61 Å². The summed E-state index contributed by atoms with van der Waals surface area (Å²) in [7, 11) is 0. The van der Waals surface area contributed by atoms with Gasteiger partial charge in [-0.2, -0.15) is 41.3 Å². The van der Waals surface area contributed by atoms with Gasteiger partial charge in [-0.05, 0) is 44.1 Å². The smallest absolute Gasteiger partial charge is 0.422 e. The molecule has 0 atom stereocenters. The summed E-state index contributed by atoms with van der Waals surface area (Å²) in [6, 6.07) is 3.62. The molecule has 1 saturated heterocycles. The fraction of sp³-hybridized carbons (Fsp3) is 0.471. The molecule has 3 N–H and O–H groups in total. The van der Waals surface area contributed by atoms with Crippen LogP contribution in [0.15, 0.2) is 24.3 Å². The van der Waals surface area contributed by atoms with Crippen molar-refractivity contribution in [2.75, 3.05) is 30.3 Å². The summed E-state index contributed by atoms with van der Waals surface area (Å²) in [6.45, 7) is -0.127. The number of anilines is 3. The number of hydrogen-bond donors (Lipinski definition) is 3. The number of alkyl halides is 6. The minimum Gasteiger partial charge on any atom is -0.454 e. The van der Waals surface area contributed by atoms with E-state index in [2.05, 4.69) is 35.6 Å². The Labute approximate surface area is 167 Å². The van der Waals surface area contributed by atoms with E-state index in [0.29, 0.717) is 0 Å². The highest BCUT2D eigenvalue weighted by Crippen LogP contribution is 2.31. The first-order chi connectivity index (χ1) is 14.1. The SMILES string of the molecule is FC(F)(F)COc1nc(Nc2cccc(C(F)(F)F)c2)nc(NC2CCNCC2)n1. The fourth-order valence-electron chi connectivity index (χ4n) is 2.74. The Morgan fingerprint density at radius 2 is 1.70 bits per heavy atom. The maximum absolute atomic E-state index is 12.9. The van der Waals surface area contributed by atoms with Gasteiger partial charge in [0.2, 0.25) is 11.9 Å². The van der Waals surface area contributed by atoms with Crippen LogP contribution in [-0.2, 0) is 6.18 Å². The molecule has 3 rings (SSSR count). The van der Waals surface area contributed by atoms with Gasteiger partial charge in [0, 0.05) is 11.7 Å². The quantitative estimate of drug-likeness (QED) is 0.595. The number of nitrogens with one attached hydrogen (secondary N) is 3. The number of benzene rings is 1. The van der Waals surface area contributed by atoms with Gasteiger partial charge in [-0.3, -0.25) is 0 Å². The van der Waals surface area contributed by atoms with Gasteiger partial charge in [-0.25, -0.2) is 0 Å². The molecule has 0 bridgehead atoms. The molecule has 30 heavy (non-hydrogen) atoms. The highest BCUT2D eigenvalue weighted by atomic mass is 19.4. The van der Waals surface area contributed by atoms with Crippen molar-refractivity contribution in [1.29, 1.82) is 0 Å². The normalized spacial score (nSPS) is 15.7. The van der Waals surface area contributed by atoms with Crippen molar-refractivity contribution in [2.24, 2.45) is 0 Å². The van der Waals surface area contributed by atoms with Crippen molar-refractivity contribution in [3.8, 4) is 6.01 Å². The molecule has 0 radical (unpaired) electrons. The Kier molecular flexibility index (Phi) is 6.48. The van der Waals surface area contributed by atoms with E-state index in [0.717, 1.165) is 38.1 Å². The second-order valence-corrected chi connectivity index (χ2v) is 6.54. The Balaban J connectivity index is 1.83. The van der Waals surface area contributed by atoms with Crippen molar-refractivity contribution in [3.05, 3.63) is 29.8 Å². The molecule has 0 saturated carbocycles. The van der Waals surface area contributed by atoms with Crippen molar-refractivity contribution >= 4 is 17.6 Å². The molecule has 1 aromatic carbocycles. The van der Waals surface area contributed by atoms with Crippen LogP contribution < -0.4 is 20.7 Å². The van der Waals surface area contributed by atoms with Crippen LogP contribution in [0.1, 0.15) is 18.4 Å². The van der Waals surface area contributed by atoms with Crippen molar-refractivity contribution < 1.29 is 31.1 Å². The van der Waals surface area contributed by atoms with Crippen LogP contribution in [0.4, 0.5) is 43.9 Å².